The molecule has 0 amide bonds. The molecule has 1 nitrogen and oxygen atoms in total. The molecule has 1 atom stereocenters. The Hall–Kier alpha value is 0.600. The molecular weight excluding hydrogens is 156 g/mol. The first-order valence-corrected chi connectivity index (χ1v) is 4.68. The third kappa shape index (κ3) is 6.49. The van der Waals surface area contributed by atoms with Crippen LogP contribution in [0.4, 0.5) is 0 Å². The van der Waals surface area contributed by atoms with E-state index in [2.05, 4.69) is 0 Å². The molecule has 1 N–H and O–H groups in total. The normalized spacial score (nSPS) is 13.7. The van der Waals surface area contributed by atoms with Gasteiger partial charge in [-0.15, -0.1) is 11.6 Å². The Kier molecular flexibility index (Phi) is 7.16. The molecule has 9 heavy (non-hydrogen) atoms. The van der Waals surface area contributed by atoms with Crippen molar-refractivity contribution < 1.29 is 5.11 Å². The van der Waals surface area contributed by atoms with E-state index in [4.69, 9.17) is 16.7 Å². The second-order valence-corrected chi connectivity index (χ2v) is 3.83. The second kappa shape index (κ2) is 6.72. The third-order valence-corrected chi connectivity index (χ3v) is 2.45. The van der Waals surface area contributed by atoms with Crippen LogP contribution in [0.1, 0.15) is 13.3 Å². The van der Waals surface area contributed by atoms with E-state index >= 15 is 0 Å². The lowest BCUT2D eigenvalue weighted by atomic mass is 10.5. The van der Waals surface area contributed by atoms with Crippen LogP contribution >= 0.6 is 23.4 Å². The van der Waals surface area contributed by atoms with Crippen molar-refractivity contribution in [3.8, 4) is 0 Å². The largest absolute Gasteiger partial charge is 0.395 e. The molecule has 0 bridgehead atoms. The van der Waals surface area contributed by atoms with Gasteiger partial charge in [-0.2, -0.15) is 11.8 Å². The molecular formula is C6H13ClOS. The van der Waals surface area contributed by atoms with Gasteiger partial charge in [-0.3, -0.25) is 0 Å². The van der Waals surface area contributed by atoms with Crippen molar-refractivity contribution >= 4 is 23.4 Å². The van der Waals surface area contributed by atoms with Gasteiger partial charge in [0.1, 0.15) is 0 Å². The maximum Gasteiger partial charge on any atom is 0.0547 e. The highest BCUT2D eigenvalue weighted by Gasteiger charge is 1.97. The fourth-order valence-corrected chi connectivity index (χ4v) is 1.50. The van der Waals surface area contributed by atoms with Crippen LogP contribution in [0.15, 0.2) is 0 Å². The van der Waals surface area contributed by atoms with Crippen molar-refractivity contribution in [1.82, 2.24) is 0 Å². The molecule has 0 saturated carbocycles. The average molecular weight is 169 g/mol. The van der Waals surface area contributed by atoms with Gasteiger partial charge in [0, 0.05) is 11.1 Å². The monoisotopic (exact) mass is 168 g/mol. The molecule has 0 rings (SSSR count). The smallest absolute Gasteiger partial charge is 0.0547 e. The van der Waals surface area contributed by atoms with Crippen molar-refractivity contribution in [2.45, 2.75) is 18.6 Å². The Balaban J connectivity index is 2.88. The predicted molar refractivity (Wildman–Crippen MR) is 44.3 cm³/mol. The van der Waals surface area contributed by atoms with Crippen LogP contribution in [-0.4, -0.2) is 28.6 Å². The molecule has 0 radical (unpaired) electrons. The Bertz CT molecular complexity index is 61.0. The zero-order chi connectivity index (χ0) is 7.11. The lowest BCUT2D eigenvalue weighted by molar-refractivity contribution is 0.300. The quantitative estimate of drug-likeness (QED) is 0.499. The number of aliphatic hydroxyl groups is 1. The lowest BCUT2D eigenvalue weighted by Gasteiger charge is -2.04. The van der Waals surface area contributed by atoms with Gasteiger partial charge in [0.2, 0.25) is 0 Å². The summed E-state index contributed by atoms with van der Waals surface area (Å²) in [4.78, 5) is 0. The van der Waals surface area contributed by atoms with Gasteiger partial charge in [0.05, 0.1) is 6.61 Å². The SMILES string of the molecule is CC(CO)SCCCCl. The highest BCUT2D eigenvalue weighted by atomic mass is 35.5. The molecule has 0 aromatic rings. The standard InChI is InChI=1S/C6H13ClOS/c1-6(5-8)9-4-2-3-7/h6,8H,2-5H2,1H3. The topological polar surface area (TPSA) is 20.2 Å². The number of aliphatic hydroxyl groups excluding tert-OH is 1. The highest BCUT2D eigenvalue weighted by Crippen LogP contribution is 2.10. The second-order valence-electron chi connectivity index (χ2n) is 1.91. The van der Waals surface area contributed by atoms with Crippen LogP contribution in [0, 0.1) is 0 Å². The van der Waals surface area contributed by atoms with Gasteiger partial charge in [-0.05, 0) is 12.2 Å². The summed E-state index contributed by atoms with van der Waals surface area (Å²) in [5.74, 6) is 1.79. The Labute approximate surface area is 65.8 Å². The van der Waals surface area contributed by atoms with Crippen LogP contribution in [0.2, 0.25) is 0 Å². The maximum atomic E-state index is 8.58. The van der Waals surface area contributed by atoms with Crippen molar-refractivity contribution in [2.75, 3.05) is 18.2 Å². The van der Waals surface area contributed by atoms with Crippen molar-refractivity contribution in [2.24, 2.45) is 0 Å². The summed E-state index contributed by atoms with van der Waals surface area (Å²) in [5.41, 5.74) is 0. The Morgan fingerprint density at radius 1 is 1.67 bits per heavy atom. The van der Waals surface area contributed by atoms with Gasteiger partial charge in [-0.25, -0.2) is 0 Å². The van der Waals surface area contributed by atoms with E-state index < -0.39 is 0 Å². The van der Waals surface area contributed by atoms with Crippen LogP contribution in [0.25, 0.3) is 0 Å². The van der Waals surface area contributed by atoms with Gasteiger partial charge in [-0.1, -0.05) is 6.92 Å². The Morgan fingerprint density at radius 2 is 2.33 bits per heavy atom. The lowest BCUT2D eigenvalue weighted by Crippen LogP contribution is -2.02. The molecule has 0 saturated heterocycles. The summed E-state index contributed by atoms with van der Waals surface area (Å²) in [6.07, 6.45) is 1.04. The number of hydrogen-bond donors (Lipinski definition) is 1. The molecule has 0 aromatic carbocycles. The molecule has 1 unspecified atom stereocenters. The zero-order valence-corrected chi connectivity index (χ0v) is 7.21. The van der Waals surface area contributed by atoms with Crippen molar-refractivity contribution in [3.63, 3.8) is 0 Å². The third-order valence-electron chi connectivity index (χ3n) is 0.937. The molecule has 56 valence electrons. The van der Waals surface area contributed by atoms with E-state index in [0.29, 0.717) is 5.25 Å². The summed E-state index contributed by atoms with van der Waals surface area (Å²) in [6.45, 7) is 2.28. The van der Waals surface area contributed by atoms with E-state index in [0.717, 1.165) is 18.1 Å². The van der Waals surface area contributed by atoms with Gasteiger partial charge >= 0.3 is 0 Å². The van der Waals surface area contributed by atoms with E-state index in [1.54, 1.807) is 11.8 Å². The molecule has 0 aromatic heterocycles. The molecule has 0 spiro atoms. The van der Waals surface area contributed by atoms with Gasteiger partial charge in [0.15, 0.2) is 0 Å². The molecule has 0 aliphatic carbocycles. The first-order chi connectivity index (χ1) is 4.31. The number of halogens is 1. The van der Waals surface area contributed by atoms with Crippen molar-refractivity contribution in [3.05, 3.63) is 0 Å². The number of rotatable bonds is 5. The summed E-state index contributed by atoms with van der Waals surface area (Å²) in [6, 6.07) is 0. The highest BCUT2D eigenvalue weighted by molar-refractivity contribution is 7.99. The molecule has 0 aliphatic heterocycles. The number of thioether (sulfide) groups is 1. The van der Waals surface area contributed by atoms with Crippen LogP contribution in [0.5, 0.6) is 0 Å². The molecule has 3 heteroatoms. The average Bonchev–Trinajstić information content (AvgIpc) is 1.89. The first kappa shape index (κ1) is 9.60. The summed E-state index contributed by atoms with van der Waals surface area (Å²) >= 11 is 7.22. The van der Waals surface area contributed by atoms with Gasteiger partial charge in [0.25, 0.3) is 0 Å². The molecule has 0 fully saturated rings. The summed E-state index contributed by atoms with van der Waals surface area (Å²) in [7, 11) is 0. The van der Waals surface area contributed by atoms with E-state index in [1.165, 1.54) is 0 Å². The van der Waals surface area contributed by atoms with Crippen LogP contribution in [-0.2, 0) is 0 Å². The minimum atomic E-state index is 0.271. The van der Waals surface area contributed by atoms with E-state index in [-0.39, 0.29) is 6.61 Å². The maximum absolute atomic E-state index is 8.58. The zero-order valence-electron chi connectivity index (χ0n) is 5.64. The summed E-state index contributed by atoms with van der Waals surface area (Å²) in [5, 5.41) is 8.95. The van der Waals surface area contributed by atoms with Gasteiger partial charge < -0.3 is 5.11 Å². The first-order valence-electron chi connectivity index (χ1n) is 3.09. The summed E-state index contributed by atoms with van der Waals surface area (Å²) < 4.78 is 0. The molecule has 0 aliphatic rings. The molecule has 0 heterocycles. The predicted octanol–water partition coefficient (Wildman–Crippen LogP) is 1.73. The fraction of sp³-hybridized carbons (Fsp3) is 1.00. The fourth-order valence-electron chi connectivity index (χ4n) is 0.392. The Morgan fingerprint density at radius 3 is 2.78 bits per heavy atom. The van der Waals surface area contributed by atoms with E-state index in [1.807, 2.05) is 6.92 Å². The number of hydrogen-bond acceptors (Lipinski definition) is 2. The number of alkyl halides is 1. The van der Waals surface area contributed by atoms with Crippen LogP contribution in [0.3, 0.4) is 0 Å². The van der Waals surface area contributed by atoms with E-state index in [9.17, 15) is 0 Å². The van der Waals surface area contributed by atoms with Crippen molar-refractivity contribution in [1.29, 1.82) is 0 Å². The van der Waals surface area contributed by atoms with Crippen LogP contribution < -0.4 is 0 Å². The minimum absolute atomic E-state index is 0.271. The minimum Gasteiger partial charge on any atom is -0.395 e.